The van der Waals surface area contributed by atoms with Crippen LogP contribution < -0.4 is 0 Å². The average Bonchev–Trinajstić information content (AvgIpc) is 2.73. The second-order valence-corrected chi connectivity index (χ2v) is 7.12. The molecule has 0 aromatic heterocycles. The number of carbonyl (C=O) groups excluding carboxylic acids is 1. The minimum atomic E-state index is -1.63. The van der Waals surface area contributed by atoms with E-state index < -0.39 is 55.2 Å². The molecule has 1 saturated heterocycles. The fourth-order valence-electron chi connectivity index (χ4n) is 2.70. The Morgan fingerprint density at radius 3 is 2.48 bits per heavy atom. The van der Waals surface area contributed by atoms with Crippen LogP contribution in [0.5, 0.6) is 11.5 Å². The van der Waals surface area contributed by atoms with Gasteiger partial charge in [-0.05, 0) is 30.2 Å². The molecule has 0 saturated carbocycles. The number of aliphatic hydroxyl groups excluding tert-OH is 3. The average molecular weight is 442 g/mol. The Balaban J connectivity index is 1.88. The van der Waals surface area contributed by atoms with E-state index in [4.69, 9.17) is 19.3 Å². The Kier molecular flexibility index (Phi) is 8.77. The highest BCUT2D eigenvalue weighted by Gasteiger charge is 2.44. The fraction of sp³-hybridized carbons (Fsp3) is 0.500. The number of esters is 1. The topological polar surface area (TPSA) is 183 Å². The molecule has 0 spiro atoms. The van der Waals surface area contributed by atoms with Crippen molar-refractivity contribution in [1.82, 2.24) is 0 Å². The molecule has 1 aliphatic heterocycles. The summed E-state index contributed by atoms with van der Waals surface area (Å²) < 4.78 is 15.7. The molecule has 1 aromatic rings. The molecule has 6 atom stereocenters. The van der Waals surface area contributed by atoms with Gasteiger partial charge in [0.1, 0.15) is 31.0 Å². The van der Waals surface area contributed by atoms with E-state index in [9.17, 15) is 35.1 Å². The zero-order valence-electron chi connectivity index (χ0n) is 16.7. The van der Waals surface area contributed by atoms with Crippen LogP contribution in [0.2, 0.25) is 0 Å². The summed E-state index contributed by atoms with van der Waals surface area (Å²) in [5, 5.41) is 57.6. The van der Waals surface area contributed by atoms with Crippen LogP contribution in [0.25, 0.3) is 6.08 Å². The summed E-state index contributed by atoms with van der Waals surface area (Å²) in [5.41, 5.74) is 0.420. The summed E-state index contributed by atoms with van der Waals surface area (Å²) >= 11 is 0. The van der Waals surface area contributed by atoms with E-state index in [0.717, 1.165) is 6.08 Å². The van der Waals surface area contributed by atoms with Crippen molar-refractivity contribution in [3.8, 4) is 11.5 Å². The van der Waals surface area contributed by atoms with E-state index in [-0.39, 0.29) is 24.5 Å². The number of aliphatic carboxylic acids is 1. The minimum Gasteiger partial charge on any atom is -0.504 e. The standard InChI is InChI=1S/C20H26O11/c1-10(19(27)28)6-7-29-20-18(26)17(25)16(24)14(31-20)9-30-15(23)5-3-11-2-4-12(21)13(22)8-11/h2-5,8,10,14,16-18,20-22,24-26H,6-7,9H2,1H3,(H,27,28)/t10-,14+,16+,17-,18+,20+/m0/s1. The minimum absolute atomic E-state index is 0.0767. The summed E-state index contributed by atoms with van der Waals surface area (Å²) in [5.74, 6) is -3.17. The molecule has 11 nitrogen and oxygen atoms in total. The maximum absolute atomic E-state index is 11.9. The molecular weight excluding hydrogens is 416 g/mol. The van der Waals surface area contributed by atoms with Gasteiger partial charge in [-0.3, -0.25) is 4.79 Å². The van der Waals surface area contributed by atoms with E-state index in [1.165, 1.54) is 31.2 Å². The number of carbonyl (C=O) groups is 2. The Hall–Kier alpha value is -2.70. The van der Waals surface area contributed by atoms with Gasteiger partial charge in [-0.15, -0.1) is 0 Å². The van der Waals surface area contributed by atoms with Gasteiger partial charge in [-0.2, -0.15) is 0 Å². The largest absolute Gasteiger partial charge is 0.504 e. The molecule has 0 amide bonds. The van der Waals surface area contributed by atoms with Gasteiger partial charge in [0.15, 0.2) is 17.8 Å². The van der Waals surface area contributed by atoms with Crippen LogP contribution in [0, 0.1) is 5.92 Å². The summed E-state index contributed by atoms with van der Waals surface area (Å²) in [7, 11) is 0. The first kappa shape index (κ1) is 24.6. The Morgan fingerprint density at radius 2 is 1.84 bits per heavy atom. The highest BCUT2D eigenvalue weighted by atomic mass is 16.7. The third-order valence-electron chi connectivity index (χ3n) is 4.72. The third-order valence-corrected chi connectivity index (χ3v) is 4.72. The van der Waals surface area contributed by atoms with E-state index >= 15 is 0 Å². The van der Waals surface area contributed by atoms with Crippen LogP contribution in [0.4, 0.5) is 0 Å². The number of rotatable bonds is 9. The van der Waals surface area contributed by atoms with Crippen LogP contribution >= 0.6 is 0 Å². The van der Waals surface area contributed by atoms with Crippen LogP contribution in [0.1, 0.15) is 18.9 Å². The predicted octanol–water partition coefficient (Wildman–Crippen LogP) is -0.411. The molecule has 0 bridgehead atoms. The summed E-state index contributed by atoms with van der Waals surface area (Å²) in [6.07, 6.45) is -4.80. The van der Waals surface area contributed by atoms with E-state index in [2.05, 4.69) is 0 Å². The number of aliphatic hydroxyl groups is 3. The Labute approximate surface area is 177 Å². The second kappa shape index (κ2) is 11.1. The molecule has 1 aromatic carbocycles. The molecule has 0 aliphatic carbocycles. The lowest BCUT2D eigenvalue weighted by Crippen LogP contribution is -2.59. The van der Waals surface area contributed by atoms with Gasteiger partial charge < -0.3 is 44.8 Å². The number of phenols is 2. The molecule has 2 rings (SSSR count). The van der Waals surface area contributed by atoms with Crippen molar-refractivity contribution in [2.75, 3.05) is 13.2 Å². The van der Waals surface area contributed by atoms with Crippen LogP contribution in [0.3, 0.4) is 0 Å². The number of benzene rings is 1. The van der Waals surface area contributed by atoms with Gasteiger partial charge in [0.05, 0.1) is 12.5 Å². The van der Waals surface area contributed by atoms with Gasteiger partial charge in [0.25, 0.3) is 0 Å². The summed E-state index contributed by atoms with van der Waals surface area (Å²) in [6, 6.07) is 3.94. The predicted molar refractivity (Wildman–Crippen MR) is 104 cm³/mol. The van der Waals surface area contributed by atoms with Gasteiger partial charge >= 0.3 is 11.9 Å². The van der Waals surface area contributed by atoms with Crippen molar-refractivity contribution in [2.45, 2.75) is 44.1 Å². The first-order valence-electron chi connectivity index (χ1n) is 9.51. The van der Waals surface area contributed by atoms with E-state index in [0.29, 0.717) is 5.56 Å². The van der Waals surface area contributed by atoms with Gasteiger partial charge in [-0.1, -0.05) is 13.0 Å². The number of carboxylic acid groups (broad SMARTS) is 1. The van der Waals surface area contributed by atoms with Crippen LogP contribution in [0.15, 0.2) is 24.3 Å². The normalized spacial score (nSPS) is 27.2. The number of hydrogen-bond acceptors (Lipinski definition) is 10. The van der Waals surface area contributed by atoms with Crippen molar-refractivity contribution in [3.63, 3.8) is 0 Å². The van der Waals surface area contributed by atoms with Crippen molar-refractivity contribution in [2.24, 2.45) is 5.92 Å². The molecular formula is C20H26O11. The zero-order chi connectivity index (χ0) is 23.1. The Morgan fingerprint density at radius 1 is 1.13 bits per heavy atom. The lowest BCUT2D eigenvalue weighted by atomic mass is 9.99. The van der Waals surface area contributed by atoms with Crippen molar-refractivity contribution in [3.05, 3.63) is 29.8 Å². The number of ether oxygens (including phenoxy) is 3. The van der Waals surface area contributed by atoms with Crippen molar-refractivity contribution in [1.29, 1.82) is 0 Å². The highest BCUT2D eigenvalue weighted by Crippen LogP contribution is 2.25. The third kappa shape index (κ3) is 6.91. The summed E-state index contributed by atoms with van der Waals surface area (Å²) in [4.78, 5) is 22.7. The number of phenolic OH excluding ortho intramolecular Hbond substituents is 2. The highest BCUT2D eigenvalue weighted by molar-refractivity contribution is 5.87. The smallest absolute Gasteiger partial charge is 0.330 e. The molecule has 6 N–H and O–H groups in total. The monoisotopic (exact) mass is 442 g/mol. The van der Waals surface area contributed by atoms with E-state index in [1.807, 2.05) is 0 Å². The number of aromatic hydroxyl groups is 2. The van der Waals surface area contributed by atoms with Crippen LogP contribution in [-0.4, -0.2) is 86.5 Å². The van der Waals surface area contributed by atoms with Gasteiger partial charge in [0.2, 0.25) is 0 Å². The first-order valence-corrected chi connectivity index (χ1v) is 9.51. The SMILES string of the molecule is C[C@@H](CCO[C@@H]1O[C@H](COC(=O)C=Cc2ccc(O)c(O)c2)[C@@H](O)[C@H](O)[C@H]1O)C(=O)O. The lowest BCUT2D eigenvalue weighted by molar-refractivity contribution is -0.301. The summed E-state index contributed by atoms with van der Waals surface area (Å²) in [6.45, 7) is 0.949. The number of carboxylic acids is 1. The molecule has 1 heterocycles. The quantitative estimate of drug-likeness (QED) is 0.166. The molecule has 1 aliphatic rings. The second-order valence-electron chi connectivity index (χ2n) is 7.12. The molecule has 31 heavy (non-hydrogen) atoms. The molecule has 172 valence electrons. The van der Waals surface area contributed by atoms with Gasteiger partial charge in [-0.25, -0.2) is 4.79 Å². The van der Waals surface area contributed by atoms with Crippen molar-refractivity contribution < 1.29 is 54.4 Å². The fourth-order valence-corrected chi connectivity index (χ4v) is 2.70. The maximum atomic E-state index is 11.9. The molecule has 1 fully saturated rings. The first-order chi connectivity index (χ1) is 14.6. The molecule has 0 unspecified atom stereocenters. The molecule has 11 heteroatoms. The van der Waals surface area contributed by atoms with E-state index in [1.54, 1.807) is 0 Å². The maximum Gasteiger partial charge on any atom is 0.330 e. The van der Waals surface area contributed by atoms with Gasteiger partial charge in [0, 0.05) is 6.08 Å². The van der Waals surface area contributed by atoms with Crippen LogP contribution in [-0.2, 0) is 23.8 Å². The van der Waals surface area contributed by atoms with Crippen molar-refractivity contribution >= 4 is 18.0 Å². The lowest BCUT2D eigenvalue weighted by Gasteiger charge is -2.40. The number of hydrogen-bond donors (Lipinski definition) is 6. The molecule has 0 radical (unpaired) electrons. The zero-order valence-corrected chi connectivity index (χ0v) is 16.7. The Bertz CT molecular complexity index is 793.